The molecule has 3 rings (SSSR count). The number of hydrogen-bond acceptors (Lipinski definition) is 3. The van der Waals surface area contributed by atoms with Gasteiger partial charge in [-0.3, -0.25) is 9.69 Å². The average molecular weight is 366 g/mol. The van der Waals surface area contributed by atoms with Gasteiger partial charge in [-0.15, -0.1) is 0 Å². The number of likely N-dealkylation sites (N-methyl/N-ethyl adjacent to an activating group) is 1. The molecule has 27 heavy (non-hydrogen) atoms. The molecule has 2 aromatic rings. The Hall–Kier alpha value is -2.17. The summed E-state index contributed by atoms with van der Waals surface area (Å²) in [4.78, 5) is 16.2. The van der Waals surface area contributed by atoms with Gasteiger partial charge >= 0.3 is 0 Å². The standard InChI is InChI=1S/C23H31N3O/c1-19(27)24-22-12-10-21(11-13-22)17-26-15-6-9-23(18-26)25(2)16-14-20-7-4-3-5-8-20/h3-5,7-8,10-13,23H,6,9,14-18H2,1-2H3,(H,24,27). The predicted molar refractivity (Wildman–Crippen MR) is 112 cm³/mol. The number of nitrogens with one attached hydrogen (secondary N) is 1. The lowest BCUT2D eigenvalue weighted by Gasteiger charge is -2.37. The van der Waals surface area contributed by atoms with E-state index < -0.39 is 0 Å². The van der Waals surface area contributed by atoms with Crippen LogP contribution in [0.1, 0.15) is 30.9 Å². The van der Waals surface area contributed by atoms with Crippen molar-refractivity contribution in [3.8, 4) is 0 Å². The number of benzene rings is 2. The topological polar surface area (TPSA) is 35.6 Å². The van der Waals surface area contributed by atoms with Crippen LogP contribution in [0.5, 0.6) is 0 Å². The van der Waals surface area contributed by atoms with E-state index >= 15 is 0 Å². The van der Waals surface area contributed by atoms with Crippen LogP contribution in [0.25, 0.3) is 0 Å². The normalized spacial score (nSPS) is 17.8. The van der Waals surface area contributed by atoms with Crippen molar-refractivity contribution in [1.82, 2.24) is 9.80 Å². The summed E-state index contributed by atoms with van der Waals surface area (Å²) in [6.07, 6.45) is 3.64. The van der Waals surface area contributed by atoms with Gasteiger partial charge in [0.25, 0.3) is 0 Å². The van der Waals surface area contributed by atoms with Crippen LogP contribution in [0, 0.1) is 0 Å². The van der Waals surface area contributed by atoms with Crippen molar-refractivity contribution in [2.45, 2.75) is 38.8 Å². The lowest BCUT2D eigenvalue weighted by atomic mass is 10.0. The summed E-state index contributed by atoms with van der Waals surface area (Å²) in [6.45, 7) is 5.91. The van der Waals surface area contributed by atoms with Crippen LogP contribution < -0.4 is 5.32 Å². The minimum Gasteiger partial charge on any atom is -0.326 e. The summed E-state index contributed by atoms with van der Waals surface area (Å²) < 4.78 is 0. The average Bonchev–Trinajstić information content (AvgIpc) is 2.68. The summed E-state index contributed by atoms with van der Waals surface area (Å²) in [5.74, 6) is -0.0276. The lowest BCUT2D eigenvalue weighted by Crippen LogP contribution is -2.46. The first-order valence-electron chi connectivity index (χ1n) is 9.93. The molecule has 1 heterocycles. The maximum Gasteiger partial charge on any atom is 0.221 e. The number of nitrogens with zero attached hydrogens (tertiary/aromatic N) is 2. The Kier molecular flexibility index (Phi) is 7.02. The molecule has 2 aromatic carbocycles. The molecule has 1 fully saturated rings. The van der Waals surface area contributed by atoms with Crippen LogP contribution in [0.15, 0.2) is 54.6 Å². The van der Waals surface area contributed by atoms with E-state index in [0.717, 1.165) is 38.3 Å². The Balaban J connectivity index is 1.49. The molecule has 4 heteroatoms. The van der Waals surface area contributed by atoms with Crippen LogP contribution in [-0.2, 0) is 17.8 Å². The van der Waals surface area contributed by atoms with Gasteiger partial charge in [0.1, 0.15) is 0 Å². The number of anilines is 1. The molecule has 1 atom stereocenters. The zero-order valence-electron chi connectivity index (χ0n) is 16.5. The molecule has 0 aliphatic carbocycles. The molecule has 1 N–H and O–H groups in total. The van der Waals surface area contributed by atoms with E-state index in [1.807, 2.05) is 12.1 Å². The fourth-order valence-electron chi connectivity index (χ4n) is 3.82. The fourth-order valence-corrected chi connectivity index (χ4v) is 3.82. The molecule has 1 aliphatic heterocycles. The Morgan fingerprint density at radius 3 is 2.56 bits per heavy atom. The second-order valence-electron chi connectivity index (χ2n) is 7.63. The van der Waals surface area contributed by atoms with Crippen molar-refractivity contribution in [1.29, 1.82) is 0 Å². The van der Waals surface area contributed by atoms with Gasteiger partial charge in [0.05, 0.1) is 0 Å². The number of carbonyl (C=O) groups excluding carboxylic acids is 1. The molecule has 0 bridgehead atoms. The van der Waals surface area contributed by atoms with Gasteiger partial charge in [0.2, 0.25) is 5.91 Å². The van der Waals surface area contributed by atoms with E-state index in [2.05, 4.69) is 64.6 Å². The molecule has 0 saturated carbocycles. The number of likely N-dealkylation sites (tertiary alicyclic amines) is 1. The van der Waals surface area contributed by atoms with Crippen molar-refractivity contribution in [3.05, 3.63) is 65.7 Å². The summed E-state index contributed by atoms with van der Waals surface area (Å²) in [5.41, 5.74) is 3.58. The molecule has 1 saturated heterocycles. The highest BCUT2D eigenvalue weighted by Gasteiger charge is 2.23. The minimum absolute atomic E-state index is 0.0276. The molecule has 144 valence electrons. The van der Waals surface area contributed by atoms with Crippen LogP contribution in [0.3, 0.4) is 0 Å². The third-order valence-electron chi connectivity index (χ3n) is 5.38. The molecule has 4 nitrogen and oxygen atoms in total. The molecule has 0 radical (unpaired) electrons. The maximum atomic E-state index is 11.1. The molecular weight excluding hydrogens is 334 g/mol. The van der Waals surface area contributed by atoms with Gasteiger partial charge < -0.3 is 10.2 Å². The molecule has 1 unspecified atom stereocenters. The number of carbonyl (C=O) groups is 1. The third kappa shape index (κ3) is 6.19. The van der Waals surface area contributed by atoms with Gasteiger partial charge in [0, 0.05) is 38.3 Å². The molecule has 0 aromatic heterocycles. The Bertz CT molecular complexity index is 714. The maximum absolute atomic E-state index is 11.1. The van der Waals surface area contributed by atoms with E-state index in [4.69, 9.17) is 0 Å². The van der Waals surface area contributed by atoms with Crippen LogP contribution >= 0.6 is 0 Å². The van der Waals surface area contributed by atoms with Gasteiger partial charge in [-0.05, 0) is 56.1 Å². The molecule has 1 amide bonds. The highest BCUT2D eigenvalue weighted by atomic mass is 16.1. The Morgan fingerprint density at radius 1 is 1.11 bits per heavy atom. The van der Waals surface area contributed by atoms with Gasteiger partial charge in [-0.2, -0.15) is 0 Å². The molecule has 0 spiro atoms. The van der Waals surface area contributed by atoms with E-state index in [9.17, 15) is 4.79 Å². The Morgan fingerprint density at radius 2 is 1.85 bits per heavy atom. The highest BCUT2D eigenvalue weighted by Crippen LogP contribution is 2.19. The number of hydrogen-bond donors (Lipinski definition) is 1. The third-order valence-corrected chi connectivity index (χ3v) is 5.38. The van der Waals surface area contributed by atoms with Crippen molar-refractivity contribution in [2.24, 2.45) is 0 Å². The second-order valence-corrected chi connectivity index (χ2v) is 7.63. The highest BCUT2D eigenvalue weighted by molar-refractivity contribution is 5.88. The van der Waals surface area contributed by atoms with E-state index in [-0.39, 0.29) is 5.91 Å². The SMILES string of the molecule is CC(=O)Nc1ccc(CN2CCCC(N(C)CCc3ccccc3)C2)cc1. The van der Waals surface area contributed by atoms with Crippen molar-refractivity contribution in [3.63, 3.8) is 0 Å². The van der Waals surface area contributed by atoms with Crippen LogP contribution in [0.4, 0.5) is 5.69 Å². The zero-order chi connectivity index (χ0) is 19.1. The fraction of sp³-hybridized carbons (Fsp3) is 0.435. The minimum atomic E-state index is -0.0276. The predicted octanol–water partition coefficient (Wildman–Crippen LogP) is 3.78. The first-order valence-corrected chi connectivity index (χ1v) is 9.93. The summed E-state index contributed by atoms with van der Waals surface area (Å²) in [5, 5.41) is 2.83. The first kappa shape index (κ1) is 19.6. The summed E-state index contributed by atoms with van der Waals surface area (Å²) >= 11 is 0. The number of piperidine rings is 1. The number of amides is 1. The summed E-state index contributed by atoms with van der Waals surface area (Å²) in [7, 11) is 2.26. The monoisotopic (exact) mass is 365 g/mol. The van der Waals surface area contributed by atoms with Crippen LogP contribution in [-0.4, -0.2) is 48.4 Å². The molecule has 1 aliphatic rings. The lowest BCUT2D eigenvalue weighted by molar-refractivity contribution is -0.114. The smallest absolute Gasteiger partial charge is 0.221 e. The number of rotatable bonds is 7. The Labute approximate surface area is 163 Å². The van der Waals surface area contributed by atoms with E-state index in [0.29, 0.717) is 6.04 Å². The first-order chi connectivity index (χ1) is 13.1. The van der Waals surface area contributed by atoms with Gasteiger partial charge in [-0.25, -0.2) is 0 Å². The van der Waals surface area contributed by atoms with Crippen molar-refractivity contribution < 1.29 is 4.79 Å². The van der Waals surface area contributed by atoms with Gasteiger partial charge in [0.15, 0.2) is 0 Å². The largest absolute Gasteiger partial charge is 0.326 e. The van der Waals surface area contributed by atoms with Crippen molar-refractivity contribution >= 4 is 11.6 Å². The van der Waals surface area contributed by atoms with E-state index in [1.165, 1.54) is 30.9 Å². The van der Waals surface area contributed by atoms with E-state index in [1.54, 1.807) is 0 Å². The zero-order valence-corrected chi connectivity index (χ0v) is 16.5. The second kappa shape index (κ2) is 9.67. The molecular formula is C23H31N3O. The summed E-state index contributed by atoms with van der Waals surface area (Å²) in [6, 6.07) is 19.6. The quantitative estimate of drug-likeness (QED) is 0.811. The van der Waals surface area contributed by atoms with Crippen molar-refractivity contribution in [2.75, 3.05) is 32.0 Å². The van der Waals surface area contributed by atoms with Crippen LogP contribution in [0.2, 0.25) is 0 Å². The van der Waals surface area contributed by atoms with Gasteiger partial charge in [-0.1, -0.05) is 42.5 Å².